The molecule has 0 radical (unpaired) electrons. The molecule has 0 bridgehead atoms. The first kappa shape index (κ1) is 114. The number of ketones is 2. The fraction of sp³-hybridized carbons (Fsp3) is 0.688. The minimum Gasteiger partial charge on any atom is -0.508 e. The number of ether oxygens (including phenoxy) is 10. The molecule has 0 spiro atoms. The number of carbonyl (C=O) groups excluding carboxylic acids is 11. The van der Waals surface area contributed by atoms with Crippen LogP contribution in [0.2, 0.25) is 0 Å². The van der Waals surface area contributed by atoms with Crippen molar-refractivity contribution in [1.29, 1.82) is 0 Å². The SMILES string of the molecule is CC(C)CO[C@@H]1C[C@@H](C(=O)N2C[C@H](OCCCN=C(N)N)C[C@H]2C(=O)N2C[C@H](OCCCN=C(N)N)C[C@H]2C(=O)N2C[C@H](OCC(C)C)C[C@H]2C(N)=O)N(C(=O)CNC(=O)[C@H](CCCCNC(=O)c2ccc(C(=O)O)c(C3c4ccc(O)cc4OC4=CC(=O)C=CC43)c2)CC(=O)CNC(=O)CCCCCCCCC(=O)OC2C(O)C(OC3C(O)C(O[C@@H]4OC(CO)C(O)[C@@H](N)[C@H]4O)[C@@H](N)C[C@H]3N)O[C@@H](CN)[C@@H]2O)C1. The average Bonchev–Trinajstić information content (AvgIpc) is 1.05. The number of aromatic hydroxyl groups is 1. The molecule has 2 aromatic rings. The van der Waals surface area contributed by atoms with Crippen molar-refractivity contribution in [3.05, 3.63) is 82.6 Å². The molecular weight excluding hydrogens is 1890 g/mol. The van der Waals surface area contributed by atoms with Gasteiger partial charge in [0.15, 0.2) is 42.2 Å². The third-order valence-corrected chi connectivity index (χ3v) is 27.3. The number of hydrogen-bond donors (Lipinski definition) is 20. The number of carboxylic acid groups (broad SMARTS) is 1. The molecule has 144 heavy (non-hydrogen) atoms. The second kappa shape index (κ2) is 53.6. The van der Waals surface area contributed by atoms with Crippen LogP contribution in [0.1, 0.15) is 187 Å². The summed E-state index contributed by atoms with van der Waals surface area (Å²) in [6.07, 6.45) is -13.6. The molecule has 800 valence electrons. The minimum absolute atomic E-state index is 0.00177. The van der Waals surface area contributed by atoms with Crippen LogP contribution in [0.5, 0.6) is 11.5 Å². The predicted molar refractivity (Wildman–Crippen MR) is 513 cm³/mol. The zero-order valence-corrected chi connectivity index (χ0v) is 81.8. The van der Waals surface area contributed by atoms with Gasteiger partial charge in [-0.15, -0.1) is 0 Å². The fourth-order valence-corrected chi connectivity index (χ4v) is 19.8. The number of Topliss-reactive ketones (excluding diaryl/α,β-unsaturated/α-hetero) is 1. The Morgan fingerprint density at radius 1 is 0.562 bits per heavy atom. The number of rotatable bonds is 51. The normalized spacial score (nSPS) is 29.5. The molecule has 29 N–H and O–H groups in total. The summed E-state index contributed by atoms with van der Waals surface area (Å²) in [5, 5.41) is 94.3. The van der Waals surface area contributed by atoms with Gasteiger partial charge in [-0.1, -0.05) is 71.9 Å². The summed E-state index contributed by atoms with van der Waals surface area (Å²) in [5.41, 5.74) is 53.6. The molecule has 48 heteroatoms. The van der Waals surface area contributed by atoms with E-state index >= 15 is 19.2 Å². The van der Waals surface area contributed by atoms with Crippen LogP contribution in [0.15, 0.2) is 70.4 Å². The standard InChI is InChI=1S/C96H146N18O30/c1-48(2)46-137-57-33-65(86(101)127)112(44-57)90(131)67-34-55(135-27-13-25-107-95(102)103)43-114(67)91(132)68-35-56(136-28-14-26-108-96(104)105)42-113(68)89(130)66-36-58(138-47-49(3)4)41-111(66)74(120)40-110-88(129)50(15-11-12-24-106-87(128)51-18-21-59(92(133)134)62(30-51)76-60-22-19-52(116)31-69(60)139-70-32-53(117)20-23-61(70)76)29-54(118)39-109-73(119)16-9-7-5-6-8-10-17-75(121)142-85-79(123)71(38-97)140-94(82(85)126)144-84-64(99)37-63(98)83(81(84)125)143-93-80(124)77(100)78(122)72(45-115)141-93/h18-23,30-32,48-50,55-58,60,63-68,71-72,76-85,93-94,115,117,122-126H,5-17,24-29,33-47,97-100H2,1-4H3,(H2,101,127)(H,106,128)(H,109,119)(H,110,129)(H,133,134)(H4,102,103,107)(H4,104,105,108)/t50-,55-,56-,57-,58-,60?,63+,64-,65+,66+,67+,68+,71+,72?,76?,77-,78?,79+,80-,81?,82?,83?,84?,85?,93+,94?/m1/s1. The summed E-state index contributed by atoms with van der Waals surface area (Å²) < 4.78 is 60.0. The first-order valence-corrected chi connectivity index (χ1v) is 49.7. The number of nitrogens with zero attached hydrogens (tertiary/aromatic N) is 6. The van der Waals surface area contributed by atoms with E-state index < -0.39 is 249 Å². The van der Waals surface area contributed by atoms with Gasteiger partial charge in [-0.25, -0.2) is 4.79 Å². The van der Waals surface area contributed by atoms with Gasteiger partial charge < -0.3 is 175 Å². The molecule has 10 unspecified atom stereocenters. The van der Waals surface area contributed by atoms with E-state index in [4.69, 9.17) is 99.0 Å². The van der Waals surface area contributed by atoms with E-state index in [9.17, 15) is 79.2 Å². The first-order valence-electron chi connectivity index (χ1n) is 49.7. The molecule has 26 atom stereocenters. The van der Waals surface area contributed by atoms with E-state index in [1.807, 2.05) is 27.7 Å². The number of aromatic carboxylic acids is 1. The number of esters is 1. The lowest BCUT2D eigenvalue weighted by molar-refractivity contribution is -0.332. The lowest BCUT2D eigenvalue weighted by atomic mass is 9.74. The molecule has 9 aliphatic rings. The third-order valence-electron chi connectivity index (χ3n) is 27.3. The predicted octanol–water partition coefficient (Wildman–Crippen LogP) is -4.58. The molecule has 0 aromatic heterocycles. The quantitative estimate of drug-likeness (QED) is 0.0128. The number of phenols is 1. The molecule has 2 aromatic carbocycles. The lowest BCUT2D eigenvalue weighted by Gasteiger charge is -2.48. The number of guanidine groups is 2. The number of aliphatic hydroxyl groups excluding tert-OH is 6. The van der Waals surface area contributed by atoms with Crippen molar-refractivity contribution in [3.63, 3.8) is 0 Å². The largest absolute Gasteiger partial charge is 0.508 e. The van der Waals surface area contributed by atoms with Crippen molar-refractivity contribution in [3.8, 4) is 11.5 Å². The number of unbranched alkanes of at least 4 members (excludes halogenated alkanes) is 6. The van der Waals surface area contributed by atoms with Crippen LogP contribution in [0.25, 0.3) is 0 Å². The smallest absolute Gasteiger partial charge is 0.335 e. The molecular formula is C96H146N18O30. The summed E-state index contributed by atoms with van der Waals surface area (Å²) in [4.78, 5) is 184. The number of phenolic OH excluding ortho intramolecular Hbond substituents is 1. The molecule has 7 aliphatic heterocycles. The van der Waals surface area contributed by atoms with Crippen LogP contribution in [0, 0.1) is 23.7 Å². The van der Waals surface area contributed by atoms with Gasteiger partial charge in [0.2, 0.25) is 41.4 Å². The topological polar surface area (TPSA) is 767 Å². The van der Waals surface area contributed by atoms with Gasteiger partial charge in [0.25, 0.3) is 5.91 Å². The monoisotopic (exact) mass is 2030 g/mol. The highest BCUT2D eigenvalue weighted by molar-refractivity contribution is 6.02. The molecule has 11 rings (SSSR count). The van der Waals surface area contributed by atoms with Crippen molar-refractivity contribution in [1.82, 2.24) is 35.6 Å². The minimum atomic E-state index is -1.85. The van der Waals surface area contributed by atoms with E-state index in [-0.39, 0.29) is 200 Å². The van der Waals surface area contributed by atoms with E-state index in [2.05, 4.69) is 25.9 Å². The molecule has 8 amide bonds. The second-order valence-electron chi connectivity index (χ2n) is 39.2. The molecule has 6 saturated heterocycles. The number of aliphatic hydroxyl groups is 6. The van der Waals surface area contributed by atoms with Gasteiger partial charge in [-0.3, -0.25) is 62.7 Å². The Morgan fingerprint density at radius 2 is 1.10 bits per heavy atom. The molecule has 1 saturated carbocycles. The molecule has 48 nitrogen and oxygen atoms in total. The maximum absolute atomic E-state index is 15.8. The maximum Gasteiger partial charge on any atom is 0.335 e. The number of carboxylic acids is 1. The van der Waals surface area contributed by atoms with Crippen LogP contribution >= 0.6 is 0 Å². The molecule has 2 aliphatic carbocycles. The van der Waals surface area contributed by atoms with Gasteiger partial charge in [0, 0.05) is 177 Å². The van der Waals surface area contributed by atoms with Crippen molar-refractivity contribution < 1.29 is 146 Å². The lowest BCUT2D eigenvalue weighted by Crippen LogP contribution is -2.68. The number of aliphatic imine (C=N–C) groups is 2. The van der Waals surface area contributed by atoms with E-state index in [1.54, 1.807) is 12.1 Å². The Kier molecular flexibility index (Phi) is 42.4. The van der Waals surface area contributed by atoms with Crippen LogP contribution in [-0.4, -0.2) is 382 Å². The number of allylic oxidation sites excluding steroid dienone is 3. The van der Waals surface area contributed by atoms with Gasteiger partial charge in [0.1, 0.15) is 96.4 Å². The van der Waals surface area contributed by atoms with E-state index in [1.165, 1.54) is 62.1 Å². The fourth-order valence-electron chi connectivity index (χ4n) is 19.8. The Bertz CT molecular complexity index is 4870. The molecule has 7 heterocycles. The summed E-state index contributed by atoms with van der Waals surface area (Å²) in [6, 6.07) is 0.164. The zero-order chi connectivity index (χ0) is 105. The Labute approximate surface area is 834 Å². The van der Waals surface area contributed by atoms with Crippen molar-refractivity contribution in [2.45, 2.75) is 296 Å². The van der Waals surface area contributed by atoms with Crippen molar-refractivity contribution >= 4 is 82.7 Å². The highest BCUT2D eigenvalue weighted by Gasteiger charge is 2.57. The molecule has 7 fully saturated rings. The number of nitrogens with two attached hydrogens (primary N) is 9. The number of carbonyl (C=O) groups is 12. The average molecular weight is 2030 g/mol. The number of benzene rings is 2. The Balaban J connectivity index is 0.731. The Hall–Kier alpha value is -10.6. The van der Waals surface area contributed by atoms with Gasteiger partial charge in [-0.2, -0.15) is 0 Å². The number of likely N-dealkylation sites (tertiary alicyclic amines) is 4. The number of fused-ring (bicyclic) bond motifs is 2. The number of amides is 8. The van der Waals surface area contributed by atoms with Gasteiger partial charge in [0.05, 0.1) is 55.7 Å². The Morgan fingerprint density at radius 3 is 1.67 bits per heavy atom. The van der Waals surface area contributed by atoms with Crippen LogP contribution in [-0.2, 0) is 90.6 Å². The van der Waals surface area contributed by atoms with E-state index in [0.717, 1.165) is 0 Å². The van der Waals surface area contributed by atoms with Crippen LogP contribution < -0.4 is 72.3 Å². The summed E-state index contributed by atoms with van der Waals surface area (Å²) in [7, 11) is 0. The van der Waals surface area contributed by atoms with E-state index in [0.29, 0.717) is 63.5 Å². The van der Waals surface area contributed by atoms with Crippen LogP contribution in [0.3, 0.4) is 0 Å². The zero-order valence-electron chi connectivity index (χ0n) is 81.8. The highest BCUT2D eigenvalue weighted by atomic mass is 16.7. The maximum atomic E-state index is 15.8. The second-order valence-corrected chi connectivity index (χ2v) is 39.2. The van der Waals surface area contributed by atoms with Gasteiger partial charge in [-0.05, 0) is 92.7 Å². The highest BCUT2D eigenvalue weighted by Crippen LogP contribution is 2.50. The van der Waals surface area contributed by atoms with Gasteiger partial charge >= 0.3 is 11.9 Å². The van der Waals surface area contributed by atoms with Crippen molar-refractivity contribution in [2.24, 2.45) is 85.3 Å². The number of primary amides is 1. The third kappa shape index (κ3) is 30.3. The van der Waals surface area contributed by atoms with Crippen molar-refractivity contribution in [2.75, 3.05) is 98.5 Å². The first-order chi connectivity index (χ1) is 68.6. The number of nitrogens with one attached hydrogen (secondary N) is 3. The van der Waals surface area contributed by atoms with Crippen LogP contribution in [0.4, 0.5) is 0 Å². The number of hydrogen-bond acceptors (Lipinski definition) is 35. The summed E-state index contributed by atoms with van der Waals surface area (Å²) >= 11 is 0. The summed E-state index contributed by atoms with van der Waals surface area (Å²) in [5.74, 6) is -10.9. The summed E-state index contributed by atoms with van der Waals surface area (Å²) in [6.45, 7) is 6.24.